The topological polar surface area (TPSA) is 81.0 Å². The van der Waals surface area contributed by atoms with E-state index in [-0.39, 0.29) is 24.8 Å². The molecule has 0 saturated carbocycles. The largest absolute Gasteiger partial charge is 1.00 e. The van der Waals surface area contributed by atoms with Crippen LogP contribution >= 0.6 is 0 Å². The first-order valence-electron chi connectivity index (χ1n) is 3.54. The van der Waals surface area contributed by atoms with Gasteiger partial charge < -0.3 is 40.3 Å². The number of nitrogens with two attached hydrogens (primary N) is 1. The van der Waals surface area contributed by atoms with Crippen molar-refractivity contribution >= 4 is 5.97 Å². The van der Waals surface area contributed by atoms with Crippen molar-refractivity contribution in [1.29, 1.82) is 0 Å². The van der Waals surface area contributed by atoms with Crippen LogP contribution in [0.5, 0.6) is 0 Å². The van der Waals surface area contributed by atoms with Crippen LogP contribution < -0.4 is 30.5 Å². The van der Waals surface area contributed by atoms with Crippen molar-refractivity contribution in [2.75, 3.05) is 7.11 Å². The predicted octanol–water partition coefficient (Wildman–Crippen LogP) is -6.54. The number of imidazole rings is 1. The summed E-state index contributed by atoms with van der Waals surface area (Å²) in [5, 5.41) is 0. The summed E-state index contributed by atoms with van der Waals surface area (Å²) in [5.74, 6) is -0.412. The maximum Gasteiger partial charge on any atom is 0.323 e. The van der Waals surface area contributed by atoms with Crippen LogP contribution in [-0.2, 0) is 16.0 Å². The molecule has 1 heterocycles. The molecule has 14 heavy (non-hydrogen) atoms. The van der Waals surface area contributed by atoms with Gasteiger partial charge in [0.25, 0.3) is 0 Å². The Morgan fingerprint density at radius 2 is 2.36 bits per heavy atom. The van der Waals surface area contributed by atoms with Crippen molar-refractivity contribution < 1.29 is 34.3 Å². The van der Waals surface area contributed by atoms with Crippen LogP contribution in [0.15, 0.2) is 12.5 Å². The Kier molecular flexibility index (Phi) is 8.52. The number of methoxy groups -OCH3 is 1. The lowest BCUT2D eigenvalue weighted by Crippen LogP contribution is -3.00. The molecule has 0 fully saturated rings. The van der Waals surface area contributed by atoms with Crippen molar-refractivity contribution in [3.63, 3.8) is 0 Å². The van der Waals surface area contributed by atoms with E-state index >= 15 is 0 Å². The van der Waals surface area contributed by atoms with Gasteiger partial charge in [-0.1, -0.05) is 0 Å². The minimum Gasteiger partial charge on any atom is -1.00 e. The average molecular weight is 240 g/mol. The first-order chi connectivity index (χ1) is 5.74. The number of rotatable bonds is 3. The number of nitrogens with zero attached hydrogens (tertiary/aromatic N) is 1. The second-order valence-electron chi connectivity index (χ2n) is 2.41. The summed E-state index contributed by atoms with van der Waals surface area (Å²) in [6.45, 7) is 0. The van der Waals surface area contributed by atoms with E-state index in [1.54, 1.807) is 12.5 Å². The molecule has 0 spiro atoms. The highest BCUT2D eigenvalue weighted by Crippen LogP contribution is 1.96. The van der Waals surface area contributed by atoms with Crippen LogP contribution in [-0.4, -0.2) is 29.1 Å². The average Bonchev–Trinajstić information content (AvgIpc) is 2.55. The van der Waals surface area contributed by atoms with Crippen molar-refractivity contribution in [2.45, 2.75) is 12.5 Å². The molecular weight excluding hydrogens is 229 g/mol. The lowest BCUT2D eigenvalue weighted by Gasteiger charge is -2.06. The van der Waals surface area contributed by atoms with E-state index in [0.29, 0.717) is 6.42 Å². The Hall–Kier alpha value is -0.780. The molecule has 82 valence electrons. The Morgan fingerprint density at radius 1 is 1.71 bits per heavy atom. The molecule has 1 unspecified atom stereocenters. The summed E-state index contributed by atoms with van der Waals surface area (Å²) in [6, 6.07) is -0.615. The molecule has 0 bridgehead atoms. The second-order valence-corrected chi connectivity index (χ2v) is 2.41. The van der Waals surface area contributed by atoms with Gasteiger partial charge in [-0.05, 0) is 0 Å². The van der Waals surface area contributed by atoms with E-state index in [2.05, 4.69) is 14.7 Å². The highest BCUT2D eigenvalue weighted by atomic mass is 35.5. The smallest absolute Gasteiger partial charge is 0.323 e. The standard InChI is InChI=1S/C7H11N3O2.2ClH/c1-12-7(11)6(8)2-5-3-9-4-10-5;;/h3-4,6H,2,8H2,1H3,(H,9,10);2*1H/p-2. The van der Waals surface area contributed by atoms with Gasteiger partial charge in [-0.25, -0.2) is 4.98 Å². The number of ether oxygens (including phenoxy) is 1. The number of hydrogen-bond donors (Lipinski definition) is 2. The van der Waals surface area contributed by atoms with Crippen LogP contribution in [0.1, 0.15) is 5.69 Å². The number of H-pyrrole nitrogens is 1. The van der Waals surface area contributed by atoms with Crippen LogP contribution in [0, 0.1) is 0 Å². The van der Waals surface area contributed by atoms with Gasteiger partial charge in [0.2, 0.25) is 0 Å². The Morgan fingerprint density at radius 3 is 2.79 bits per heavy atom. The minimum absolute atomic E-state index is 0. The molecule has 5 nitrogen and oxygen atoms in total. The molecule has 0 amide bonds. The summed E-state index contributed by atoms with van der Waals surface area (Å²) in [7, 11) is 1.31. The summed E-state index contributed by atoms with van der Waals surface area (Å²) in [6.07, 6.45) is 3.59. The highest BCUT2D eigenvalue weighted by Gasteiger charge is 2.14. The Bertz CT molecular complexity index is 253. The fourth-order valence-corrected chi connectivity index (χ4v) is 0.868. The molecule has 1 aromatic rings. The van der Waals surface area contributed by atoms with Crippen LogP contribution in [0.4, 0.5) is 0 Å². The number of aromatic amines is 1. The summed E-state index contributed by atoms with van der Waals surface area (Å²) < 4.78 is 4.46. The second kappa shape index (κ2) is 7.61. The molecule has 0 aromatic carbocycles. The van der Waals surface area contributed by atoms with Gasteiger partial charge in [-0.2, -0.15) is 0 Å². The minimum atomic E-state index is -0.615. The number of carbonyl (C=O) groups excluding carboxylic acids is 1. The summed E-state index contributed by atoms with van der Waals surface area (Å²) in [5.41, 5.74) is 6.32. The first-order valence-corrected chi connectivity index (χ1v) is 3.54. The molecule has 0 saturated heterocycles. The van der Waals surface area contributed by atoms with E-state index < -0.39 is 12.0 Å². The van der Waals surface area contributed by atoms with Crippen LogP contribution in [0.25, 0.3) is 0 Å². The van der Waals surface area contributed by atoms with Gasteiger partial charge >= 0.3 is 5.97 Å². The van der Waals surface area contributed by atoms with Crippen LogP contribution in [0.2, 0.25) is 0 Å². The monoisotopic (exact) mass is 239 g/mol. The van der Waals surface area contributed by atoms with Crippen molar-refractivity contribution in [2.24, 2.45) is 5.73 Å². The van der Waals surface area contributed by atoms with Gasteiger partial charge in [0.05, 0.1) is 13.4 Å². The van der Waals surface area contributed by atoms with E-state index in [1.807, 2.05) is 0 Å². The molecule has 3 N–H and O–H groups in total. The lowest BCUT2D eigenvalue weighted by molar-refractivity contribution is -0.142. The maximum absolute atomic E-state index is 10.9. The molecular formula is C7H11Cl2N3O2-2. The third kappa shape index (κ3) is 4.45. The predicted molar refractivity (Wildman–Crippen MR) is 42.3 cm³/mol. The molecule has 1 rings (SSSR count). The third-order valence-corrected chi connectivity index (χ3v) is 1.50. The fourth-order valence-electron chi connectivity index (χ4n) is 0.868. The molecule has 0 aliphatic heterocycles. The molecule has 0 radical (unpaired) electrons. The quantitative estimate of drug-likeness (QED) is 0.515. The number of aromatic nitrogens is 2. The van der Waals surface area contributed by atoms with Gasteiger partial charge in [0, 0.05) is 18.3 Å². The van der Waals surface area contributed by atoms with Crippen molar-refractivity contribution in [3.05, 3.63) is 18.2 Å². The van der Waals surface area contributed by atoms with Gasteiger partial charge in [0.15, 0.2) is 0 Å². The SMILES string of the molecule is COC(=O)C(N)Cc1cnc[nH]1.[Cl-].[Cl-]. The normalized spacial score (nSPS) is 10.7. The molecule has 7 heteroatoms. The van der Waals surface area contributed by atoms with Crippen molar-refractivity contribution in [1.82, 2.24) is 9.97 Å². The van der Waals surface area contributed by atoms with Gasteiger partial charge in [0.1, 0.15) is 6.04 Å². The van der Waals surface area contributed by atoms with Crippen molar-refractivity contribution in [3.8, 4) is 0 Å². The Labute approximate surface area is 94.2 Å². The number of esters is 1. The highest BCUT2D eigenvalue weighted by molar-refractivity contribution is 5.75. The number of hydrogen-bond acceptors (Lipinski definition) is 4. The zero-order chi connectivity index (χ0) is 8.97. The number of nitrogens with one attached hydrogen (secondary N) is 1. The fraction of sp³-hybridized carbons (Fsp3) is 0.429. The zero-order valence-electron chi connectivity index (χ0n) is 7.54. The number of halogens is 2. The number of carbonyl (C=O) groups is 1. The summed E-state index contributed by atoms with van der Waals surface area (Å²) >= 11 is 0. The molecule has 0 aliphatic rings. The zero-order valence-corrected chi connectivity index (χ0v) is 9.05. The van der Waals surface area contributed by atoms with E-state index in [9.17, 15) is 4.79 Å². The third-order valence-electron chi connectivity index (χ3n) is 1.50. The molecule has 1 atom stereocenters. The van der Waals surface area contributed by atoms with Crippen LogP contribution in [0.3, 0.4) is 0 Å². The van der Waals surface area contributed by atoms with E-state index in [0.717, 1.165) is 5.69 Å². The van der Waals surface area contributed by atoms with Gasteiger partial charge in [-0.15, -0.1) is 0 Å². The maximum atomic E-state index is 10.9. The molecule has 1 aromatic heterocycles. The Balaban J connectivity index is 0. The van der Waals surface area contributed by atoms with E-state index in [4.69, 9.17) is 5.73 Å². The first kappa shape index (κ1) is 15.7. The summed E-state index contributed by atoms with van der Waals surface area (Å²) in [4.78, 5) is 17.5. The van der Waals surface area contributed by atoms with E-state index in [1.165, 1.54) is 7.11 Å². The lowest BCUT2D eigenvalue weighted by atomic mass is 10.2. The van der Waals surface area contributed by atoms with Gasteiger partial charge in [-0.3, -0.25) is 4.79 Å². The molecule has 0 aliphatic carbocycles.